The molecule has 0 radical (unpaired) electrons. The van der Waals surface area contributed by atoms with E-state index >= 15 is 0 Å². The van der Waals surface area contributed by atoms with Crippen LogP contribution < -0.4 is 9.80 Å². The lowest BCUT2D eigenvalue weighted by atomic mass is 10.1. The first-order valence-corrected chi connectivity index (χ1v) is 9.49. The summed E-state index contributed by atoms with van der Waals surface area (Å²) in [6.07, 6.45) is 6.24. The van der Waals surface area contributed by atoms with Crippen LogP contribution in [0, 0.1) is 0 Å². The summed E-state index contributed by atoms with van der Waals surface area (Å²) < 4.78 is 2.03. The van der Waals surface area contributed by atoms with E-state index in [4.69, 9.17) is 0 Å². The highest BCUT2D eigenvalue weighted by molar-refractivity contribution is 7.16. The topological polar surface area (TPSA) is 75.3 Å². The number of hydrogen-bond acceptors (Lipinski definition) is 8. The Morgan fingerprint density at radius 2 is 2.12 bits per heavy atom. The van der Waals surface area contributed by atoms with Crippen molar-refractivity contribution >= 4 is 38.8 Å². The normalized spacial score (nSPS) is 14.9. The molecule has 0 spiro atoms. The minimum Gasteiger partial charge on any atom is -0.352 e. The zero-order valence-electron chi connectivity index (χ0n) is 14.6. The first-order chi connectivity index (χ1) is 12.8. The Balaban J connectivity index is 1.39. The zero-order chi connectivity index (χ0) is 17.7. The molecule has 1 fully saturated rings. The summed E-state index contributed by atoms with van der Waals surface area (Å²) in [7, 11) is 2.10. The predicted octanol–water partition coefficient (Wildman–Crippen LogP) is 2.02. The van der Waals surface area contributed by atoms with Gasteiger partial charge in [0.2, 0.25) is 5.65 Å². The average molecular weight is 366 g/mol. The van der Waals surface area contributed by atoms with Crippen molar-refractivity contribution in [3.05, 3.63) is 36.0 Å². The molecule has 132 valence electrons. The molecule has 4 aromatic heterocycles. The van der Waals surface area contributed by atoms with E-state index in [1.807, 2.05) is 16.8 Å². The van der Waals surface area contributed by atoms with Crippen LogP contribution in [-0.4, -0.2) is 55.7 Å². The lowest BCUT2D eigenvalue weighted by Gasteiger charge is -2.45. The smallest absolute Gasteiger partial charge is 0.203 e. The van der Waals surface area contributed by atoms with Crippen molar-refractivity contribution in [2.24, 2.45) is 0 Å². The number of fused-ring (bicyclic) bond motifs is 2. The molecule has 0 N–H and O–H groups in total. The maximum absolute atomic E-state index is 4.54. The second-order valence-electron chi connectivity index (χ2n) is 6.42. The van der Waals surface area contributed by atoms with Gasteiger partial charge in [-0.15, -0.1) is 21.5 Å². The minimum atomic E-state index is 0.378. The molecule has 0 aliphatic carbocycles. The fourth-order valence-electron chi connectivity index (χ4n) is 3.43. The van der Waals surface area contributed by atoms with Crippen molar-refractivity contribution in [1.82, 2.24) is 29.5 Å². The van der Waals surface area contributed by atoms with Gasteiger partial charge in [-0.3, -0.25) is 4.40 Å². The summed E-state index contributed by atoms with van der Waals surface area (Å²) >= 11 is 1.64. The summed E-state index contributed by atoms with van der Waals surface area (Å²) in [5, 5.41) is 11.8. The van der Waals surface area contributed by atoms with E-state index in [2.05, 4.69) is 60.4 Å². The summed E-state index contributed by atoms with van der Waals surface area (Å²) in [4.78, 5) is 18.9. The Morgan fingerprint density at radius 1 is 1.23 bits per heavy atom. The lowest BCUT2D eigenvalue weighted by Crippen LogP contribution is -2.59. The van der Waals surface area contributed by atoms with Crippen molar-refractivity contribution in [1.29, 1.82) is 0 Å². The van der Waals surface area contributed by atoms with Gasteiger partial charge >= 0.3 is 0 Å². The molecule has 0 saturated carbocycles. The van der Waals surface area contributed by atoms with Gasteiger partial charge in [0.05, 0.1) is 11.4 Å². The molecule has 0 unspecified atom stereocenters. The maximum atomic E-state index is 4.54. The summed E-state index contributed by atoms with van der Waals surface area (Å²) in [6, 6.07) is 2.47. The number of anilines is 2. The Bertz CT molecular complexity index is 1080. The number of rotatable bonds is 4. The Morgan fingerprint density at radius 3 is 2.96 bits per heavy atom. The fourth-order valence-corrected chi connectivity index (χ4v) is 4.16. The van der Waals surface area contributed by atoms with E-state index in [0.29, 0.717) is 6.04 Å². The summed E-state index contributed by atoms with van der Waals surface area (Å²) in [6.45, 7) is 3.85. The molecule has 1 aliphatic heterocycles. The van der Waals surface area contributed by atoms with Crippen molar-refractivity contribution in [3.8, 4) is 0 Å². The Hall–Kier alpha value is -2.81. The van der Waals surface area contributed by atoms with Gasteiger partial charge in [-0.05, 0) is 11.4 Å². The van der Waals surface area contributed by atoms with Gasteiger partial charge in [0.15, 0.2) is 5.82 Å². The number of aryl methyl sites for hydroxylation is 1. The van der Waals surface area contributed by atoms with Gasteiger partial charge in [0.1, 0.15) is 22.8 Å². The highest BCUT2D eigenvalue weighted by Crippen LogP contribution is 2.31. The zero-order valence-corrected chi connectivity index (χ0v) is 15.4. The van der Waals surface area contributed by atoms with Crippen LogP contribution in [0.5, 0.6) is 0 Å². The summed E-state index contributed by atoms with van der Waals surface area (Å²) in [5.41, 5.74) is 0.827. The molecular weight excluding hydrogens is 348 g/mol. The first kappa shape index (κ1) is 15.4. The van der Waals surface area contributed by atoms with Crippen molar-refractivity contribution in [2.45, 2.75) is 19.4 Å². The molecule has 8 nitrogen and oxygen atoms in total. The van der Waals surface area contributed by atoms with Gasteiger partial charge in [0.25, 0.3) is 0 Å². The third-order valence-corrected chi connectivity index (χ3v) is 5.80. The number of thiophene rings is 1. The molecule has 5 heterocycles. The molecule has 26 heavy (non-hydrogen) atoms. The number of likely N-dealkylation sites (N-methyl/N-ethyl adjacent to an activating group) is 1. The van der Waals surface area contributed by atoms with Crippen LogP contribution in [0.3, 0.4) is 0 Å². The quantitative estimate of drug-likeness (QED) is 0.547. The van der Waals surface area contributed by atoms with Gasteiger partial charge in [-0.2, -0.15) is 0 Å². The van der Waals surface area contributed by atoms with E-state index in [-0.39, 0.29) is 0 Å². The standard InChI is InChI=1S/C17H18N8S/c1-3-13-21-22-16-15(18-5-6-25(13)16)24-8-11(9-24)23(2)14-12-4-7-26-17(12)20-10-19-14/h4-7,10-11H,3,8-9H2,1-2H3. The molecular formula is C17H18N8S. The monoisotopic (exact) mass is 366 g/mol. The third-order valence-electron chi connectivity index (χ3n) is 4.98. The van der Waals surface area contributed by atoms with Crippen LogP contribution in [0.25, 0.3) is 15.9 Å². The number of hydrogen-bond donors (Lipinski definition) is 0. The second kappa shape index (κ2) is 5.87. The largest absolute Gasteiger partial charge is 0.352 e. The molecule has 0 amide bonds. The molecule has 0 atom stereocenters. The van der Waals surface area contributed by atoms with Gasteiger partial charge < -0.3 is 9.80 Å². The van der Waals surface area contributed by atoms with Crippen LogP contribution >= 0.6 is 11.3 Å². The van der Waals surface area contributed by atoms with Crippen LogP contribution in [0.2, 0.25) is 0 Å². The van der Waals surface area contributed by atoms with Crippen LogP contribution in [0.15, 0.2) is 30.2 Å². The lowest BCUT2D eigenvalue weighted by molar-refractivity contribution is 0.491. The molecule has 5 rings (SSSR count). The molecule has 4 aromatic rings. The Kier molecular flexibility index (Phi) is 3.49. The van der Waals surface area contributed by atoms with E-state index in [0.717, 1.165) is 52.8 Å². The van der Waals surface area contributed by atoms with E-state index < -0.39 is 0 Å². The van der Waals surface area contributed by atoms with Gasteiger partial charge in [-0.25, -0.2) is 15.0 Å². The first-order valence-electron chi connectivity index (χ1n) is 8.61. The molecule has 0 bridgehead atoms. The van der Waals surface area contributed by atoms with Crippen LogP contribution in [0.1, 0.15) is 12.7 Å². The highest BCUT2D eigenvalue weighted by Gasteiger charge is 2.34. The molecule has 1 aliphatic rings. The van der Waals surface area contributed by atoms with Crippen molar-refractivity contribution in [3.63, 3.8) is 0 Å². The van der Waals surface area contributed by atoms with E-state index in [9.17, 15) is 0 Å². The Labute approximate surface area is 154 Å². The van der Waals surface area contributed by atoms with Crippen molar-refractivity contribution in [2.75, 3.05) is 29.9 Å². The predicted molar refractivity (Wildman–Crippen MR) is 102 cm³/mol. The molecule has 9 heteroatoms. The molecule has 0 aromatic carbocycles. The van der Waals surface area contributed by atoms with Crippen LogP contribution in [-0.2, 0) is 6.42 Å². The van der Waals surface area contributed by atoms with E-state index in [1.54, 1.807) is 17.7 Å². The minimum absolute atomic E-state index is 0.378. The van der Waals surface area contributed by atoms with Gasteiger partial charge in [0, 0.05) is 39.0 Å². The number of aromatic nitrogens is 6. The second-order valence-corrected chi connectivity index (χ2v) is 7.32. The molecule has 1 saturated heterocycles. The van der Waals surface area contributed by atoms with Gasteiger partial charge in [-0.1, -0.05) is 6.92 Å². The van der Waals surface area contributed by atoms with Crippen LogP contribution in [0.4, 0.5) is 11.6 Å². The van der Waals surface area contributed by atoms with E-state index in [1.165, 1.54) is 0 Å². The van der Waals surface area contributed by atoms with Crippen molar-refractivity contribution < 1.29 is 0 Å². The highest BCUT2D eigenvalue weighted by atomic mass is 32.1. The number of nitrogens with zero attached hydrogens (tertiary/aromatic N) is 8. The average Bonchev–Trinajstić information content (AvgIpc) is 3.26. The third kappa shape index (κ3) is 2.23. The SMILES string of the molecule is CCc1nnc2c(N3CC(N(C)c4ncnc5sccc45)C3)nccn12. The maximum Gasteiger partial charge on any atom is 0.203 e. The summed E-state index contributed by atoms with van der Waals surface area (Å²) in [5.74, 6) is 2.84. The fraction of sp³-hybridized carbons (Fsp3) is 0.353.